The van der Waals surface area contributed by atoms with Crippen molar-refractivity contribution in [2.45, 2.75) is 18.9 Å². The van der Waals surface area contributed by atoms with E-state index >= 15 is 0 Å². The number of carbonyl (C=O) groups excluding carboxylic acids is 1. The van der Waals surface area contributed by atoms with Crippen LogP contribution < -0.4 is 5.73 Å². The van der Waals surface area contributed by atoms with Crippen molar-refractivity contribution in [1.29, 1.82) is 0 Å². The molecule has 0 aromatic carbocycles. The Morgan fingerprint density at radius 2 is 2.18 bits per heavy atom. The minimum Gasteiger partial charge on any atom is -0.336 e. The number of halogens is 2. The van der Waals surface area contributed by atoms with Crippen molar-refractivity contribution in [2.75, 3.05) is 13.1 Å². The van der Waals surface area contributed by atoms with Gasteiger partial charge in [-0.2, -0.15) is 0 Å². The van der Waals surface area contributed by atoms with Crippen LogP contribution in [0.1, 0.15) is 23.3 Å². The fourth-order valence-corrected chi connectivity index (χ4v) is 1.85. The summed E-state index contributed by atoms with van der Waals surface area (Å²) in [5.74, 6) is -0.00856. The molecule has 1 aliphatic heterocycles. The summed E-state index contributed by atoms with van der Waals surface area (Å²) < 4.78 is 0. The maximum atomic E-state index is 12.0. The summed E-state index contributed by atoms with van der Waals surface area (Å²) >= 11 is 0. The highest BCUT2D eigenvalue weighted by Gasteiger charge is 2.22. The van der Waals surface area contributed by atoms with E-state index in [2.05, 4.69) is 4.98 Å². The highest BCUT2D eigenvalue weighted by Crippen LogP contribution is 2.11. The van der Waals surface area contributed by atoms with Crippen molar-refractivity contribution in [3.8, 4) is 0 Å². The number of likely N-dealkylation sites (tertiary alicyclic amines) is 1. The van der Waals surface area contributed by atoms with E-state index in [-0.39, 0.29) is 36.8 Å². The molecular weight excluding hydrogens is 261 g/mol. The summed E-state index contributed by atoms with van der Waals surface area (Å²) in [4.78, 5) is 17.8. The number of pyridine rings is 1. The van der Waals surface area contributed by atoms with Gasteiger partial charge in [-0.05, 0) is 25.0 Å². The molecule has 0 bridgehead atoms. The summed E-state index contributed by atoms with van der Waals surface area (Å²) in [7, 11) is 0. The van der Waals surface area contributed by atoms with Crippen molar-refractivity contribution < 1.29 is 4.79 Å². The SMILES string of the molecule is Cl.Cl.N[C@@H]1CCCN(C(=O)c2ccccn2)C1. The minimum atomic E-state index is -0.00856. The zero-order chi connectivity index (χ0) is 10.7. The average Bonchev–Trinajstić information content (AvgIpc) is 2.29. The molecule has 0 unspecified atom stereocenters. The van der Waals surface area contributed by atoms with Crippen molar-refractivity contribution in [2.24, 2.45) is 5.73 Å². The smallest absolute Gasteiger partial charge is 0.272 e. The zero-order valence-electron chi connectivity index (χ0n) is 9.41. The van der Waals surface area contributed by atoms with Gasteiger partial charge in [0.1, 0.15) is 5.69 Å². The molecule has 1 amide bonds. The number of hydrogen-bond donors (Lipinski definition) is 1. The lowest BCUT2D eigenvalue weighted by atomic mass is 10.1. The molecule has 17 heavy (non-hydrogen) atoms. The molecule has 0 spiro atoms. The zero-order valence-corrected chi connectivity index (χ0v) is 11.0. The molecule has 0 radical (unpaired) electrons. The number of aromatic nitrogens is 1. The predicted octanol–water partition coefficient (Wildman–Crippen LogP) is 1.49. The van der Waals surface area contributed by atoms with E-state index in [1.807, 2.05) is 6.07 Å². The predicted molar refractivity (Wildman–Crippen MR) is 71.8 cm³/mol. The van der Waals surface area contributed by atoms with Crippen LogP contribution in [0.25, 0.3) is 0 Å². The van der Waals surface area contributed by atoms with E-state index in [4.69, 9.17) is 5.73 Å². The first-order valence-electron chi connectivity index (χ1n) is 5.23. The topological polar surface area (TPSA) is 59.2 Å². The number of carbonyl (C=O) groups is 1. The van der Waals surface area contributed by atoms with Crippen LogP contribution in [-0.2, 0) is 0 Å². The molecule has 2 rings (SSSR count). The summed E-state index contributed by atoms with van der Waals surface area (Å²) in [5, 5.41) is 0. The highest BCUT2D eigenvalue weighted by molar-refractivity contribution is 5.92. The van der Waals surface area contributed by atoms with Gasteiger partial charge in [-0.1, -0.05) is 6.07 Å². The fourth-order valence-electron chi connectivity index (χ4n) is 1.85. The van der Waals surface area contributed by atoms with Crippen molar-refractivity contribution in [3.63, 3.8) is 0 Å². The molecule has 6 heteroatoms. The summed E-state index contributed by atoms with van der Waals surface area (Å²) in [6.07, 6.45) is 3.63. The van der Waals surface area contributed by atoms with Crippen LogP contribution >= 0.6 is 24.8 Å². The Kier molecular flexibility index (Phi) is 7.11. The van der Waals surface area contributed by atoms with Gasteiger partial charge in [0, 0.05) is 25.3 Å². The lowest BCUT2D eigenvalue weighted by Gasteiger charge is -2.30. The lowest BCUT2D eigenvalue weighted by Crippen LogP contribution is -2.45. The van der Waals surface area contributed by atoms with E-state index < -0.39 is 0 Å². The molecule has 2 heterocycles. The van der Waals surface area contributed by atoms with Gasteiger partial charge in [0.05, 0.1) is 0 Å². The normalized spacial score (nSPS) is 18.9. The van der Waals surface area contributed by atoms with Crippen LogP contribution in [0.3, 0.4) is 0 Å². The van der Waals surface area contributed by atoms with E-state index in [1.165, 1.54) is 0 Å². The number of rotatable bonds is 1. The average molecular weight is 278 g/mol. The Morgan fingerprint density at radius 3 is 2.76 bits per heavy atom. The molecule has 0 saturated carbocycles. The largest absolute Gasteiger partial charge is 0.336 e. The van der Waals surface area contributed by atoms with E-state index in [1.54, 1.807) is 23.2 Å². The third-order valence-electron chi connectivity index (χ3n) is 2.63. The van der Waals surface area contributed by atoms with E-state index in [0.717, 1.165) is 19.4 Å². The summed E-state index contributed by atoms with van der Waals surface area (Å²) in [6, 6.07) is 5.48. The van der Waals surface area contributed by atoms with Crippen LogP contribution in [0.4, 0.5) is 0 Å². The van der Waals surface area contributed by atoms with Crippen molar-refractivity contribution in [1.82, 2.24) is 9.88 Å². The standard InChI is InChI=1S/C11H15N3O.2ClH/c12-9-4-3-7-14(8-9)11(15)10-5-1-2-6-13-10;;/h1-2,5-6,9H,3-4,7-8,12H2;2*1H/t9-;;/m1../s1. The molecule has 1 aromatic rings. The first-order valence-corrected chi connectivity index (χ1v) is 5.23. The van der Waals surface area contributed by atoms with Gasteiger partial charge >= 0.3 is 0 Å². The molecule has 1 fully saturated rings. The second-order valence-electron chi connectivity index (χ2n) is 3.87. The van der Waals surface area contributed by atoms with Crippen LogP contribution in [0, 0.1) is 0 Å². The fraction of sp³-hybridized carbons (Fsp3) is 0.455. The molecular formula is C11H17Cl2N3O. The van der Waals surface area contributed by atoms with Gasteiger partial charge in [0.15, 0.2) is 0 Å². The number of amides is 1. The number of hydrogen-bond acceptors (Lipinski definition) is 3. The van der Waals surface area contributed by atoms with Crippen LogP contribution in [0.2, 0.25) is 0 Å². The third kappa shape index (κ3) is 4.15. The monoisotopic (exact) mass is 277 g/mol. The minimum absolute atomic E-state index is 0. The molecule has 0 aliphatic carbocycles. The first kappa shape index (κ1) is 16.2. The van der Waals surface area contributed by atoms with E-state index in [9.17, 15) is 4.79 Å². The molecule has 1 aromatic heterocycles. The Morgan fingerprint density at radius 1 is 1.41 bits per heavy atom. The number of piperidine rings is 1. The van der Waals surface area contributed by atoms with Crippen molar-refractivity contribution in [3.05, 3.63) is 30.1 Å². The summed E-state index contributed by atoms with van der Waals surface area (Å²) in [6.45, 7) is 1.44. The van der Waals surface area contributed by atoms with Gasteiger partial charge in [0.25, 0.3) is 5.91 Å². The second kappa shape index (κ2) is 7.48. The molecule has 96 valence electrons. The maximum Gasteiger partial charge on any atom is 0.272 e. The Hall–Kier alpha value is -0.840. The second-order valence-corrected chi connectivity index (χ2v) is 3.87. The lowest BCUT2D eigenvalue weighted by molar-refractivity contribution is 0.0703. The van der Waals surface area contributed by atoms with Gasteiger partial charge in [-0.3, -0.25) is 9.78 Å². The summed E-state index contributed by atoms with van der Waals surface area (Å²) in [5.41, 5.74) is 6.33. The maximum absolute atomic E-state index is 12.0. The van der Waals surface area contributed by atoms with Crippen LogP contribution in [-0.4, -0.2) is 34.9 Å². The van der Waals surface area contributed by atoms with Crippen molar-refractivity contribution >= 4 is 30.7 Å². The third-order valence-corrected chi connectivity index (χ3v) is 2.63. The number of nitrogens with zero attached hydrogens (tertiary/aromatic N) is 2. The van der Waals surface area contributed by atoms with Crippen LogP contribution in [0.15, 0.2) is 24.4 Å². The molecule has 1 atom stereocenters. The van der Waals surface area contributed by atoms with Crippen LogP contribution in [0.5, 0.6) is 0 Å². The molecule has 1 aliphatic rings. The number of nitrogens with two attached hydrogens (primary N) is 1. The Bertz CT molecular complexity index is 348. The quantitative estimate of drug-likeness (QED) is 0.846. The molecule has 4 nitrogen and oxygen atoms in total. The van der Waals surface area contributed by atoms with Gasteiger partial charge in [-0.25, -0.2) is 0 Å². The molecule has 1 saturated heterocycles. The first-order chi connectivity index (χ1) is 7.27. The van der Waals surface area contributed by atoms with E-state index in [0.29, 0.717) is 12.2 Å². The Labute approximate surface area is 113 Å². The van der Waals surface area contributed by atoms with Gasteiger partial charge < -0.3 is 10.6 Å². The Balaban J connectivity index is 0.00000128. The highest BCUT2D eigenvalue weighted by atomic mass is 35.5. The van der Waals surface area contributed by atoms with Gasteiger partial charge in [0.2, 0.25) is 0 Å². The van der Waals surface area contributed by atoms with Gasteiger partial charge in [-0.15, -0.1) is 24.8 Å². The molecule has 2 N–H and O–H groups in total.